The van der Waals surface area contributed by atoms with E-state index in [1.54, 1.807) is 7.11 Å². The largest absolute Gasteiger partial charge is 0.496 e. The van der Waals surface area contributed by atoms with Gasteiger partial charge >= 0.3 is 0 Å². The summed E-state index contributed by atoms with van der Waals surface area (Å²) in [5, 5.41) is 3.63. The SMILES string of the molecule is CCc1cc(C2CN(C)CCCN2)ccc1OC. The Balaban J connectivity index is 2.21. The molecule has 3 heteroatoms. The van der Waals surface area contributed by atoms with Crippen LogP contribution in [-0.2, 0) is 6.42 Å². The molecule has 0 aliphatic carbocycles. The van der Waals surface area contributed by atoms with Crippen LogP contribution in [0.2, 0.25) is 0 Å². The van der Waals surface area contributed by atoms with E-state index < -0.39 is 0 Å². The Morgan fingerprint density at radius 1 is 1.44 bits per heavy atom. The lowest BCUT2D eigenvalue weighted by Crippen LogP contribution is -2.28. The highest BCUT2D eigenvalue weighted by Crippen LogP contribution is 2.25. The molecule has 1 saturated heterocycles. The van der Waals surface area contributed by atoms with Gasteiger partial charge in [-0.05, 0) is 50.2 Å². The Kier molecular flexibility index (Phi) is 4.61. The van der Waals surface area contributed by atoms with Crippen molar-refractivity contribution in [2.24, 2.45) is 0 Å². The first-order chi connectivity index (χ1) is 8.74. The maximum atomic E-state index is 5.39. The Morgan fingerprint density at radius 3 is 3.00 bits per heavy atom. The van der Waals surface area contributed by atoms with Gasteiger partial charge in [0.25, 0.3) is 0 Å². The summed E-state index contributed by atoms with van der Waals surface area (Å²) >= 11 is 0. The molecular weight excluding hydrogens is 224 g/mol. The number of ether oxygens (including phenoxy) is 1. The summed E-state index contributed by atoms with van der Waals surface area (Å²) in [4.78, 5) is 2.40. The summed E-state index contributed by atoms with van der Waals surface area (Å²) in [6.45, 7) is 5.53. The van der Waals surface area contributed by atoms with Crippen molar-refractivity contribution >= 4 is 0 Å². The van der Waals surface area contributed by atoms with Gasteiger partial charge in [-0.25, -0.2) is 0 Å². The summed E-state index contributed by atoms with van der Waals surface area (Å²) in [6, 6.07) is 7.01. The number of benzene rings is 1. The zero-order valence-electron chi connectivity index (χ0n) is 11.7. The molecule has 0 bridgehead atoms. The van der Waals surface area contributed by atoms with Gasteiger partial charge in [0, 0.05) is 12.6 Å². The standard InChI is InChI=1S/C15H24N2O/c1-4-12-10-13(6-7-15(12)18-3)14-11-17(2)9-5-8-16-14/h6-7,10,14,16H,4-5,8-9,11H2,1-3H3. The van der Waals surface area contributed by atoms with Gasteiger partial charge in [-0.2, -0.15) is 0 Å². The van der Waals surface area contributed by atoms with E-state index in [0.717, 1.165) is 25.3 Å². The van der Waals surface area contributed by atoms with Crippen LogP contribution in [0.15, 0.2) is 18.2 Å². The van der Waals surface area contributed by atoms with Crippen molar-refractivity contribution in [3.63, 3.8) is 0 Å². The summed E-state index contributed by atoms with van der Waals surface area (Å²) in [6.07, 6.45) is 2.24. The lowest BCUT2D eigenvalue weighted by Gasteiger charge is -2.22. The van der Waals surface area contributed by atoms with Crippen molar-refractivity contribution in [3.8, 4) is 5.75 Å². The van der Waals surface area contributed by atoms with E-state index in [4.69, 9.17) is 4.74 Å². The summed E-state index contributed by atoms with van der Waals surface area (Å²) in [7, 11) is 3.94. The minimum Gasteiger partial charge on any atom is -0.496 e. The molecule has 0 spiro atoms. The molecule has 18 heavy (non-hydrogen) atoms. The van der Waals surface area contributed by atoms with Crippen LogP contribution in [0.1, 0.15) is 30.5 Å². The molecule has 0 amide bonds. The molecule has 0 saturated carbocycles. The quantitative estimate of drug-likeness (QED) is 0.887. The molecule has 1 aliphatic heterocycles. The maximum Gasteiger partial charge on any atom is 0.122 e. The molecule has 1 aliphatic rings. The second-order valence-electron chi connectivity index (χ2n) is 5.05. The van der Waals surface area contributed by atoms with Crippen molar-refractivity contribution < 1.29 is 4.74 Å². The summed E-state index contributed by atoms with van der Waals surface area (Å²) in [5.74, 6) is 1.00. The van der Waals surface area contributed by atoms with E-state index >= 15 is 0 Å². The van der Waals surface area contributed by atoms with Crippen molar-refractivity contribution in [2.45, 2.75) is 25.8 Å². The van der Waals surface area contributed by atoms with Crippen LogP contribution in [0.3, 0.4) is 0 Å². The first-order valence-corrected chi connectivity index (χ1v) is 6.83. The highest BCUT2D eigenvalue weighted by molar-refractivity contribution is 5.38. The molecule has 2 rings (SSSR count). The number of nitrogens with zero attached hydrogens (tertiary/aromatic N) is 1. The van der Waals surface area contributed by atoms with Crippen LogP contribution >= 0.6 is 0 Å². The number of rotatable bonds is 3. The molecule has 1 aromatic rings. The maximum absolute atomic E-state index is 5.39. The van der Waals surface area contributed by atoms with E-state index in [1.165, 1.54) is 24.1 Å². The highest BCUT2D eigenvalue weighted by Gasteiger charge is 2.17. The average Bonchev–Trinajstić information content (AvgIpc) is 2.62. The zero-order chi connectivity index (χ0) is 13.0. The molecule has 3 nitrogen and oxygen atoms in total. The number of aryl methyl sites for hydroxylation is 1. The molecule has 1 N–H and O–H groups in total. The molecule has 0 aromatic heterocycles. The fourth-order valence-electron chi connectivity index (χ4n) is 2.61. The fourth-order valence-corrected chi connectivity index (χ4v) is 2.61. The molecule has 0 radical (unpaired) electrons. The minimum atomic E-state index is 0.439. The molecule has 100 valence electrons. The van der Waals surface area contributed by atoms with E-state index in [9.17, 15) is 0 Å². The molecule has 1 atom stereocenters. The van der Waals surface area contributed by atoms with E-state index in [-0.39, 0.29) is 0 Å². The monoisotopic (exact) mass is 248 g/mol. The summed E-state index contributed by atoms with van der Waals surface area (Å²) < 4.78 is 5.39. The topological polar surface area (TPSA) is 24.5 Å². The van der Waals surface area contributed by atoms with Gasteiger partial charge in [-0.1, -0.05) is 19.1 Å². The Bertz CT molecular complexity index is 392. The number of methoxy groups -OCH3 is 1. The van der Waals surface area contributed by atoms with Gasteiger partial charge in [0.05, 0.1) is 7.11 Å². The third-order valence-electron chi connectivity index (χ3n) is 3.69. The van der Waals surface area contributed by atoms with E-state index in [2.05, 4.69) is 42.4 Å². The van der Waals surface area contributed by atoms with E-state index in [0.29, 0.717) is 6.04 Å². The first kappa shape index (κ1) is 13.4. The van der Waals surface area contributed by atoms with Crippen molar-refractivity contribution in [1.29, 1.82) is 0 Å². The van der Waals surface area contributed by atoms with Crippen LogP contribution in [0.5, 0.6) is 5.75 Å². The number of likely N-dealkylation sites (N-methyl/N-ethyl adjacent to an activating group) is 1. The molecule has 1 heterocycles. The van der Waals surface area contributed by atoms with Gasteiger partial charge in [-0.15, -0.1) is 0 Å². The number of hydrogen-bond donors (Lipinski definition) is 1. The van der Waals surface area contributed by atoms with Crippen LogP contribution in [0.4, 0.5) is 0 Å². The Morgan fingerprint density at radius 2 is 2.28 bits per heavy atom. The average molecular weight is 248 g/mol. The van der Waals surface area contributed by atoms with Gasteiger partial charge in [0.15, 0.2) is 0 Å². The van der Waals surface area contributed by atoms with Crippen molar-refractivity contribution in [3.05, 3.63) is 29.3 Å². The van der Waals surface area contributed by atoms with Crippen LogP contribution < -0.4 is 10.1 Å². The second kappa shape index (κ2) is 6.21. The normalized spacial score (nSPS) is 21.6. The van der Waals surface area contributed by atoms with Gasteiger partial charge in [0.2, 0.25) is 0 Å². The molecule has 1 fully saturated rings. The van der Waals surface area contributed by atoms with Crippen LogP contribution in [-0.4, -0.2) is 38.7 Å². The second-order valence-corrected chi connectivity index (χ2v) is 5.05. The third-order valence-corrected chi connectivity index (χ3v) is 3.69. The van der Waals surface area contributed by atoms with Crippen LogP contribution in [0.25, 0.3) is 0 Å². The van der Waals surface area contributed by atoms with Gasteiger partial charge in [-0.3, -0.25) is 0 Å². The Hall–Kier alpha value is -1.06. The minimum absolute atomic E-state index is 0.439. The molecule has 1 aromatic carbocycles. The third kappa shape index (κ3) is 3.03. The first-order valence-electron chi connectivity index (χ1n) is 6.83. The fraction of sp³-hybridized carbons (Fsp3) is 0.600. The predicted molar refractivity (Wildman–Crippen MR) is 75.2 cm³/mol. The summed E-state index contributed by atoms with van der Waals surface area (Å²) in [5.41, 5.74) is 2.67. The zero-order valence-corrected chi connectivity index (χ0v) is 11.7. The lowest BCUT2D eigenvalue weighted by molar-refractivity contribution is 0.326. The number of hydrogen-bond acceptors (Lipinski definition) is 3. The van der Waals surface area contributed by atoms with Crippen molar-refractivity contribution in [1.82, 2.24) is 10.2 Å². The van der Waals surface area contributed by atoms with Gasteiger partial charge in [0.1, 0.15) is 5.75 Å². The highest BCUT2D eigenvalue weighted by atomic mass is 16.5. The molecule has 1 unspecified atom stereocenters. The lowest BCUT2D eigenvalue weighted by atomic mass is 10.0. The van der Waals surface area contributed by atoms with Crippen molar-refractivity contribution in [2.75, 3.05) is 33.8 Å². The van der Waals surface area contributed by atoms with Gasteiger partial charge < -0.3 is 15.0 Å². The van der Waals surface area contributed by atoms with E-state index in [1.807, 2.05) is 0 Å². The predicted octanol–water partition coefficient (Wildman–Crippen LogP) is 2.22. The molecular formula is C15H24N2O. The Labute approximate surface area is 110 Å². The smallest absolute Gasteiger partial charge is 0.122 e. The number of nitrogens with one attached hydrogen (secondary N) is 1. The van der Waals surface area contributed by atoms with Crippen LogP contribution in [0, 0.1) is 0 Å².